The highest BCUT2D eigenvalue weighted by Gasteiger charge is 2.30. The standard InChI is InChI=1S/C21H27N5O3/c27-20(28)16-6-8-17(9-7-16)22-21(29)26-12-10-15(11-13-26)19-23-18(24-25-19)14-4-2-1-3-5-14/h1-5,15-17H,6-13H2,(H,22,29)(H,27,28)(H,23,24,25). The molecule has 1 saturated heterocycles. The zero-order valence-electron chi connectivity index (χ0n) is 16.4. The van der Waals surface area contributed by atoms with Crippen molar-refractivity contribution in [2.45, 2.75) is 50.5 Å². The van der Waals surface area contributed by atoms with E-state index in [1.54, 1.807) is 0 Å². The summed E-state index contributed by atoms with van der Waals surface area (Å²) in [5, 5.41) is 19.6. The second kappa shape index (κ2) is 8.63. The number of carbonyl (C=O) groups is 2. The molecule has 1 aliphatic carbocycles. The summed E-state index contributed by atoms with van der Waals surface area (Å²) in [7, 11) is 0. The molecule has 2 aromatic rings. The van der Waals surface area contributed by atoms with Gasteiger partial charge in [0.2, 0.25) is 0 Å². The third-order valence-electron chi connectivity index (χ3n) is 6.11. The summed E-state index contributed by atoms with van der Waals surface area (Å²) in [5.74, 6) is 0.880. The molecule has 1 saturated carbocycles. The number of benzene rings is 1. The van der Waals surface area contributed by atoms with Crippen molar-refractivity contribution in [2.24, 2.45) is 5.92 Å². The minimum atomic E-state index is -0.723. The molecule has 0 spiro atoms. The highest BCUT2D eigenvalue weighted by molar-refractivity contribution is 5.75. The van der Waals surface area contributed by atoms with Crippen molar-refractivity contribution in [1.29, 1.82) is 0 Å². The lowest BCUT2D eigenvalue weighted by molar-refractivity contribution is -0.142. The minimum absolute atomic E-state index is 0.0373. The van der Waals surface area contributed by atoms with E-state index in [0.29, 0.717) is 31.8 Å². The first kappa shape index (κ1) is 19.4. The van der Waals surface area contributed by atoms with E-state index in [1.165, 1.54) is 0 Å². The number of aliphatic carboxylic acids is 1. The molecule has 3 N–H and O–H groups in total. The Bertz CT molecular complexity index is 837. The minimum Gasteiger partial charge on any atom is -0.481 e. The molecule has 8 nitrogen and oxygen atoms in total. The van der Waals surface area contributed by atoms with Crippen LogP contribution in [0, 0.1) is 5.92 Å². The SMILES string of the molecule is O=C(O)C1CCC(NC(=O)N2CCC(c3nc(-c4ccccc4)n[nH]3)CC2)CC1. The Morgan fingerprint density at radius 3 is 2.38 bits per heavy atom. The average molecular weight is 397 g/mol. The van der Waals surface area contributed by atoms with E-state index < -0.39 is 5.97 Å². The Morgan fingerprint density at radius 2 is 1.72 bits per heavy atom. The highest BCUT2D eigenvalue weighted by atomic mass is 16.4. The number of hydrogen-bond donors (Lipinski definition) is 3. The van der Waals surface area contributed by atoms with E-state index in [-0.39, 0.29) is 23.9 Å². The third-order valence-corrected chi connectivity index (χ3v) is 6.11. The Labute approximate surface area is 169 Å². The molecule has 154 valence electrons. The highest BCUT2D eigenvalue weighted by Crippen LogP contribution is 2.28. The Balaban J connectivity index is 1.26. The van der Waals surface area contributed by atoms with E-state index in [2.05, 4.69) is 20.5 Å². The van der Waals surface area contributed by atoms with Crippen LogP contribution in [0.5, 0.6) is 0 Å². The molecule has 0 atom stereocenters. The van der Waals surface area contributed by atoms with Gasteiger partial charge in [-0.1, -0.05) is 30.3 Å². The maximum Gasteiger partial charge on any atom is 0.317 e. The molecule has 1 aromatic heterocycles. The van der Waals surface area contributed by atoms with Crippen LogP contribution in [-0.2, 0) is 4.79 Å². The van der Waals surface area contributed by atoms with Gasteiger partial charge in [0.15, 0.2) is 5.82 Å². The van der Waals surface area contributed by atoms with E-state index in [9.17, 15) is 9.59 Å². The summed E-state index contributed by atoms with van der Waals surface area (Å²) < 4.78 is 0. The molecule has 2 amide bonds. The van der Waals surface area contributed by atoms with Crippen molar-refractivity contribution < 1.29 is 14.7 Å². The molecule has 8 heteroatoms. The number of carboxylic acid groups (broad SMARTS) is 1. The van der Waals surface area contributed by atoms with Crippen LogP contribution in [0.4, 0.5) is 4.79 Å². The lowest BCUT2D eigenvalue weighted by Gasteiger charge is -2.34. The fraction of sp³-hybridized carbons (Fsp3) is 0.524. The average Bonchev–Trinajstić information content (AvgIpc) is 3.25. The molecule has 29 heavy (non-hydrogen) atoms. The van der Waals surface area contributed by atoms with Gasteiger partial charge in [0.25, 0.3) is 0 Å². The van der Waals surface area contributed by atoms with Gasteiger partial charge in [0.1, 0.15) is 5.82 Å². The van der Waals surface area contributed by atoms with E-state index >= 15 is 0 Å². The monoisotopic (exact) mass is 397 g/mol. The van der Waals surface area contributed by atoms with Crippen molar-refractivity contribution in [2.75, 3.05) is 13.1 Å². The Hall–Kier alpha value is -2.90. The first-order valence-corrected chi connectivity index (χ1v) is 10.4. The number of nitrogens with zero attached hydrogens (tertiary/aromatic N) is 3. The molecule has 0 radical (unpaired) electrons. The van der Waals surface area contributed by atoms with Crippen LogP contribution in [0.3, 0.4) is 0 Å². The maximum atomic E-state index is 12.6. The molecular weight excluding hydrogens is 370 g/mol. The van der Waals surface area contributed by atoms with Gasteiger partial charge in [-0.25, -0.2) is 9.78 Å². The number of H-pyrrole nitrogens is 1. The molecule has 0 unspecified atom stereocenters. The lowest BCUT2D eigenvalue weighted by Crippen LogP contribution is -2.48. The van der Waals surface area contributed by atoms with E-state index in [1.807, 2.05) is 35.2 Å². The van der Waals surface area contributed by atoms with Crippen LogP contribution in [0.1, 0.15) is 50.3 Å². The molecule has 1 aromatic carbocycles. The molecule has 0 bridgehead atoms. The van der Waals surface area contributed by atoms with E-state index in [0.717, 1.165) is 37.1 Å². The van der Waals surface area contributed by atoms with Gasteiger partial charge >= 0.3 is 12.0 Å². The zero-order valence-corrected chi connectivity index (χ0v) is 16.4. The van der Waals surface area contributed by atoms with Crippen LogP contribution in [-0.4, -0.2) is 56.3 Å². The number of aromatic amines is 1. The smallest absolute Gasteiger partial charge is 0.317 e. The summed E-state index contributed by atoms with van der Waals surface area (Å²) >= 11 is 0. The molecule has 4 rings (SSSR count). The van der Waals surface area contributed by atoms with Crippen molar-refractivity contribution in [1.82, 2.24) is 25.4 Å². The number of nitrogens with one attached hydrogen (secondary N) is 2. The second-order valence-electron chi connectivity index (χ2n) is 8.01. The number of rotatable bonds is 4. The number of hydrogen-bond acceptors (Lipinski definition) is 4. The zero-order chi connectivity index (χ0) is 20.2. The van der Waals surface area contributed by atoms with E-state index in [4.69, 9.17) is 5.11 Å². The quantitative estimate of drug-likeness (QED) is 0.734. The summed E-state index contributed by atoms with van der Waals surface area (Å²) in [4.78, 5) is 30.1. The number of piperidine rings is 1. The number of carbonyl (C=O) groups excluding carboxylic acids is 1. The van der Waals surface area contributed by atoms with Crippen molar-refractivity contribution >= 4 is 12.0 Å². The lowest BCUT2D eigenvalue weighted by atomic mass is 9.86. The van der Waals surface area contributed by atoms with Crippen LogP contribution in [0.25, 0.3) is 11.4 Å². The maximum absolute atomic E-state index is 12.6. The normalized spacial score (nSPS) is 23.0. The van der Waals surface area contributed by atoms with Crippen LogP contribution in [0.15, 0.2) is 30.3 Å². The predicted octanol–water partition coefficient (Wildman–Crippen LogP) is 3.00. The van der Waals surface area contributed by atoms with Gasteiger partial charge in [0, 0.05) is 30.6 Å². The first-order valence-electron chi connectivity index (χ1n) is 10.4. The molecule has 1 aliphatic heterocycles. The largest absolute Gasteiger partial charge is 0.481 e. The first-order chi connectivity index (χ1) is 14.1. The number of carboxylic acids is 1. The van der Waals surface area contributed by atoms with Gasteiger partial charge in [-0.05, 0) is 38.5 Å². The summed E-state index contributed by atoms with van der Waals surface area (Å²) in [6.45, 7) is 1.37. The number of amides is 2. The summed E-state index contributed by atoms with van der Waals surface area (Å²) in [6.07, 6.45) is 4.44. The Morgan fingerprint density at radius 1 is 1.03 bits per heavy atom. The Kier molecular flexibility index (Phi) is 5.78. The van der Waals surface area contributed by atoms with Crippen molar-refractivity contribution in [3.63, 3.8) is 0 Å². The molecule has 2 aliphatic rings. The second-order valence-corrected chi connectivity index (χ2v) is 8.01. The van der Waals surface area contributed by atoms with Crippen LogP contribution in [0.2, 0.25) is 0 Å². The fourth-order valence-electron chi connectivity index (χ4n) is 4.28. The van der Waals surface area contributed by atoms with Crippen molar-refractivity contribution in [3.05, 3.63) is 36.2 Å². The van der Waals surface area contributed by atoms with Crippen LogP contribution < -0.4 is 5.32 Å². The summed E-state index contributed by atoms with van der Waals surface area (Å²) in [6, 6.07) is 9.93. The van der Waals surface area contributed by atoms with Gasteiger partial charge in [-0.2, -0.15) is 5.10 Å². The number of urea groups is 1. The van der Waals surface area contributed by atoms with Gasteiger partial charge in [-0.3, -0.25) is 9.89 Å². The molecule has 2 fully saturated rings. The summed E-state index contributed by atoms with van der Waals surface area (Å²) in [5.41, 5.74) is 0.990. The van der Waals surface area contributed by atoms with Gasteiger partial charge in [-0.15, -0.1) is 0 Å². The fourth-order valence-corrected chi connectivity index (χ4v) is 4.28. The van der Waals surface area contributed by atoms with Gasteiger partial charge < -0.3 is 15.3 Å². The number of aromatic nitrogens is 3. The molecule has 2 heterocycles. The predicted molar refractivity (Wildman–Crippen MR) is 107 cm³/mol. The molecular formula is C21H27N5O3. The number of likely N-dealkylation sites (tertiary alicyclic amines) is 1. The third kappa shape index (κ3) is 4.58. The van der Waals surface area contributed by atoms with Crippen LogP contribution >= 0.6 is 0 Å². The van der Waals surface area contributed by atoms with Gasteiger partial charge in [0.05, 0.1) is 5.92 Å². The van der Waals surface area contributed by atoms with Crippen molar-refractivity contribution in [3.8, 4) is 11.4 Å². The topological polar surface area (TPSA) is 111 Å².